The first-order chi connectivity index (χ1) is 9.11. The zero-order valence-corrected chi connectivity index (χ0v) is 14.2. The second kappa shape index (κ2) is 6.68. The summed E-state index contributed by atoms with van der Waals surface area (Å²) >= 11 is 7.09. The van der Waals surface area contributed by atoms with Crippen molar-refractivity contribution >= 4 is 31.9 Å². The molecule has 2 aromatic rings. The summed E-state index contributed by atoms with van der Waals surface area (Å²) in [6.45, 7) is 3.13. The predicted octanol–water partition coefficient (Wildman–Crippen LogP) is 4.03. The van der Waals surface area contributed by atoms with E-state index in [2.05, 4.69) is 65.8 Å². The maximum atomic E-state index is 4.47. The fraction of sp³-hybridized carbons (Fsp3) is 0.357. The van der Waals surface area contributed by atoms with E-state index in [0.29, 0.717) is 0 Å². The molecule has 0 amide bonds. The Morgan fingerprint density at radius 2 is 1.95 bits per heavy atom. The van der Waals surface area contributed by atoms with Crippen LogP contribution in [0.25, 0.3) is 0 Å². The number of halogens is 2. The van der Waals surface area contributed by atoms with Gasteiger partial charge in [-0.3, -0.25) is 0 Å². The Hall–Kier alpha value is -0.650. The summed E-state index contributed by atoms with van der Waals surface area (Å²) in [5, 5.41) is 3.56. The second-order valence-electron chi connectivity index (χ2n) is 4.49. The van der Waals surface area contributed by atoms with Crippen LogP contribution in [0.15, 0.2) is 39.5 Å². The molecule has 1 heterocycles. The lowest BCUT2D eigenvalue weighted by Crippen LogP contribution is -2.25. The Kier molecular flexibility index (Phi) is 5.19. The van der Waals surface area contributed by atoms with Crippen LogP contribution >= 0.6 is 31.9 Å². The van der Waals surface area contributed by atoms with Gasteiger partial charge < -0.3 is 9.88 Å². The maximum Gasteiger partial charge on any atom is 0.130 e. The summed E-state index contributed by atoms with van der Waals surface area (Å²) in [4.78, 5) is 4.47. The molecule has 0 bridgehead atoms. The molecule has 3 nitrogen and oxygen atoms in total. The molecule has 1 N–H and O–H groups in total. The van der Waals surface area contributed by atoms with Crippen molar-refractivity contribution in [3.05, 3.63) is 50.9 Å². The molecule has 1 aromatic carbocycles. The Labute approximate surface area is 130 Å². The van der Waals surface area contributed by atoms with Crippen molar-refractivity contribution in [1.29, 1.82) is 0 Å². The summed E-state index contributed by atoms with van der Waals surface area (Å²) in [6, 6.07) is 6.41. The number of aryl methyl sites for hydroxylation is 1. The molecule has 0 aliphatic carbocycles. The van der Waals surface area contributed by atoms with Crippen LogP contribution in [-0.4, -0.2) is 16.1 Å². The van der Waals surface area contributed by atoms with E-state index in [1.54, 1.807) is 0 Å². The van der Waals surface area contributed by atoms with E-state index in [-0.39, 0.29) is 6.04 Å². The van der Waals surface area contributed by atoms with Gasteiger partial charge >= 0.3 is 0 Å². The van der Waals surface area contributed by atoms with E-state index >= 15 is 0 Å². The molecule has 2 rings (SSSR count). The number of nitrogens with zero attached hydrogens (tertiary/aromatic N) is 2. The lowest BCUT2D eigenvalue weighted by atomic mass is 10.1. The molecule has 0 saturated heterocycles. The SMILES string of the molecule is CCCNC(c1cc(Br)cc(Br)c1)c1nccn1C. The summed E-state index contributed by atoms with van der Waals surface area (Å²) in [5.41, 5.74) is 1.20. The number of imidazole rings is 1. The number of benzene rings is 1. The third kappa shape index (κ3) is 3.68. The zero-order valence-electron chi connectivity index (χ0n) is 11.0. The minimum Gasteiger partial charge on any atom is -0.336 e. The van der Waals surface area contributed by atoms with Crippen LogP contribution in [0.4, 0.5) is 0 Å². The van der Waals surface area contributed by atoms with E-state index in [4.69, 9.17) is 0 Å². The molecule has 0 saturated carbocycles. The first-order valence-corrected chi connectivity index (χ1v) is 7.87. The molecular formula is C14H17Br2N3. The molecule has 1 aromatic heterocycles. The third-order valence-corrected chi connectivity index (χ3v) is 3.85. The normalized spacial score (nSPS) is 12.6. The van der Waals surface area contributed by atoms with Gasteiger partial charge in [-0.15, -0.1) is 0 Å². The van der Waals surface area contributed by atoms with Gasteiger partial charge in [-0.1, -0.05) is 38.8 Å². The van der Waals surface area contributed by atoms with Gasteiger partial charge in [-0.2, -0.15) is 0 Å². The second-order valence-corrected chi connectivity index (χ2v) is 6.32. The van der Waals surface area contributed by atoms with Crippen LogP contribution in [0.1, 0.15) is 30.8 Å². The zero-order chi connectivity index (χ0) is 13.8. The number of nitrogens with one attached hydrogen (secondary N) is 1. The van der Waals surface area contributed by atoms with E-state index in [9.17, 15) is 0 Å². The molecule has 1 unspecified atom stereocenters. The van der Waals surface area contributed by atoms with Crippen LogP contribution in [-0.2, 0) is 7.05 Å². The van der Waals surface area contributed by atoms with Gasteiger partial charge in [0.25, 0.3) is 0 Å². The molecule has 0 fully saturated rings. The van der Waals surface area contributed by atoms with Crippen LogP contribution in [0.5, 0.6) is 0 Å². The summed E-state index contributed by atoms with van der Waals surface area (Å²) < 4.78 is 4.19. The number of hydrogen-bond acceptors (Lipinski definition) is 2. The number of hydrogen-bond donors (Lipinski definition) is 1. The van der Waals surface area contributed by atoms with Gasteiger partial charge in [-0.25, -0.2) is 4.98 Å². The van der Waals surface area contributed by atoms with Crippen molar-refractivity contribution in [2.24, 2.45) is 7.05 Å². The summed E-state index contributed by atoms with van der Waals surface area (Å²) in [7, 11) is 2.02. The average molecular weight is 387 g/mol. The first kappa shape index (κ1) is 14.8. The van der Waals surface area contributed by atoms with Crippen molar-refractivity contribution in [3.63, 3.8) is 0 Å². The summed E-state index contributed by atoms with van der Waals surface area (Å²) in [6.07, 6.45) is 4.90. The molecule has 1 atom stereocenters. The minimum atomic E-state index is 0.105. The topological polar surface area (TPSA) is 29.9 Å². The predicted molar refractivity (Wildman–Crippen MR) is 85.2 cm³/mol. The largest absolute Gasteiger partial charge is 0.336 e. The van der Waals surface area contributed by atoms with Crippen molar-refractivity contribution in [3.8, 4) is 0 Å². The van der Waals surface area contributed by atoms with E-state index in [0.717, 1.165) is 27.7 Å². The van der Waals surface area contributed by atoms with Gasteiger partial charge in [0, 0.05) is 28.4 Å². The first-order valence-electron chi connectivity index (χ1n) is 6.28. The Morgan fingerprint density at radius 1 is 1.26 bits per heavy atom. The van der Waals surface area contributed by atoms with E-state index < -0.39 is 0 Å². The Balaban J connectivity index is 2.39. The van der Waals surface area contributed by atoms with Crippen LogP contribution in [0, 0.1) is 0 Å². The van der Waals surface area contributed by atoms with Crippen molar-refractivity contribution in [1.82, 2.24) is 14.9 Å². The quantitative estimate of drug-likeness (QED) is 0.840. The smallest absolute Gasteiger partial charge is 0.130 e. The highest BCUT2D eigenvalue weighted by Gasteiger charge is 2.18. The molecule has 0 spiro atoms. The monoisotopic (exact) mass is 385 g/mol. The van der Waals surface area contributed by atoms with Gasteiger partial charge in [0.1, 0.15) is 5.82 Å². The van der Waals surface area contributed by atoms with E-state index in [1.807, 2.05) is 25.5 Å². The van der Waals surface area contributed by atoms with Crippen molar-refractivity contribution in [2.45, 2.75) is 19.4 Å². The Bertz CT molecular complexity index is 531. The van der Waals surface area contributed by atoms with Crippen LogP contribution in [0.3, 0.4) is 0 Å². The third-order valence-electron chi connectivity index (χ3n) is 2.93. The fourth-order valence-electron chi connectivity index (χ4n) is 2.04. The summed E-state index contributed by atoms with van der Waals surface area (Å²) in [5.74, 6) is 1.03. The Morgan fingerprint density at radius 3 is 2.47 bits per heavy atom. The van der Waals surface area contributed by atoms with Gasteiger partial charge in [0.05, 0.1) is 6.04 Å². The van der Waals surface area contributed by atoms with Crippen molar-refractivity contribution < 1.29 is 0 Å². The lowest BCUT2D eigenvalue weighted by molar-refractivity contribution is 0.555. The molecular weight excluding hydrogens is 370 g/mol. The van der Waals surface area contributed by atoms with Gasteiger partial charge in [0.2, 0.25) is 0 Å². The minimum absolute atomic E-state index is 0.105. The van der Waals surface area contributed by atoms with Gasteiger partial charge in [-0.05, 0) is 36.7 Å². The standard InChI is InChI=1S/C14H17Br2N3/c1-3-4-17-13(14-18-5-6-19(14)2)10-7-11(15)9-12(16)8-10/h5-9,13,17H,3-4H2,1-2H3. The number of rotatable bonds is 5. The van der Waals surface area contributed by atoms with Gasteiger partial charge in [0.15, 0.2) is 0 Å². The van der Waals surface area contributed by atoms with E-state index in [1.165, 1.54) is 5.56 Å². The number of aromatic nitrogens is 2. The average Bonchev–Trinajstić information content (AvgIpc) is 2.75. The maximum absolute atomic E-state index is 4.47. The lowest BCUT2D eigenvalue weighted by Gasteiger charge is -2.19. The fourth-order valence-corrected chi connectivity index (χ4v) is 3.37. The molecule has 102 valence electrons. The van der Waals surface area contributed by atoms with Crippen LogP contribution in [0.2, 0.25) is 0 Å². The molecule has 0 aliphatic rings. The molecule has 5 heteroatoms. The molecule has 0 radical (unpaired) electrons. The highest BCUT2D eigenvalue weighted by molar-refractivity contribution is 9.11. The van der Waals surface area contributed by atoms with Crippen molar-refractivity contribution in [2.75, 3.05) is 6.54 Å². The van der Waals surface area contributed by atoms with Crippen LogP contribution < -0.4 is 5.32 Å². The molecule has 19 heavy (non-hydrogen) atoms. The highest BCUT2D eigenvalue weighted by atomic mass is 79.9. The molecule has 0 aliphatic heterocycles. The highest BCUT2D eigenvalue weighted by Crippen LogP contribution is 2.27.